The number of likely N-dealkylation sites (N-methyl/N-ethyl adjacent to an activating group) is 1. The van der Waals surface area contributed by atoms with Crippen molar-refractivity contribution in [1.82, 2.24) is 5.32 Å². The highest BCUT2D eigenvalue weighted by molar-refractivity contribution is 7.45. The number of unbranched alkanes of at least 4 members (excludes halogenated alkanes) is 30. The first-order chi connectivity index (χ1) is 37.0. The molecule has 0 aliphatic heterocycles. The van der Waals surface area contributed by atoms with E-state index in [0.717, 1.165) is 77.0 Å². The number of nitrogens with one attached hydrogen (secondary N) is 1. The van der Waals surface area contributed by atoms with E-state index in [4.69, 9.17) is 9.05 Å². The van der Waals surface area contributed by atoms with Crippen molar-refractivity contribution in [3.05, 3.63) is 97.2 Å². The standard InChI is InChI=1S/C67H121N2O6P/c1-6-8-10-12-14-16-18-20-22-23-24-25-26-27-28-29-30-31-32-33-34-35-36-37-38-39-40-41-42-43-44-45-47-49-51-53-55-57-59-61-67(71)68-65(64-75-76(72,73)74-63-62-69(3,4)5)66(70)60-58-56-54-52-50-48-46-21-19-17-15-13-11-9-7-2/h8,10,14,16,19-22,24-25,27-28,50,52,58,60,65-66,70H,6-7,9,11-13,15,17-18,23,26,29-49,51,53-57,59,61-64H2,1-5H3,(H-,68,71,72,73)/b10-8-,16-14-,21-19+,22-20-,25-24-,28-27-,52-50+,60-58+. The van der Waals surface area contributed by atoms with Crippen LogP contribution in [0.25, 0.3) is 0 Å². The lowest BCUT2D eigenvalue weighted by Gasteiger charge is -2.29. The van der Waals surface area contributed by atoms with Crippen LogP contribution in [0, 0.1) is 0 Å². The Balaban J connectivity index is 3.97. The number of allylic oxidation sites excluding steroid dienone is 15. The maximum atomic E-state index is 13.0. The number of aliphatic hydroxyl groups is 1. The monoisotopic (exact) mass is 1080 g/mol. The van der Waals surface area contributed by atoms with Gasteiger partial charge in [-0.2, -0.15) is 0 Å². The van der Waals surface area contributed by atoms with Gasteiger partial charge in [0.2, 0.25) is 5.91 Å². The number of hydrogen-bond acceptors (Lipinski definition) is 6. The Kier molecular flexibility index (Phi) is 55.2. The van der Waals surface area contributed by atoms with E-state index in [1.54, 1.807) is 6.08 Å². The van der Waals surface area contributed by atoms with Crippen molar-refractivity contribution in [2.75, 3.05) is 40.9 Å². The van der Waals surface area contributed by atoms with Gasteiger partial charge in [0.05, 0.1) is 39.9 Å². The molecule has 0 fully saturated rings. The van der Waals surface area contributed by atoms with Crippen LogP contribution in [0.1, 0.15) is 271 Å². The fourth-order valence-corrected chi connectivity index (χ4v) is 9.58. The minimum absolute atomic E-state index is 0.0106. The number of nitrogens with zero attached hydrogens (tertiary/aromatic N) is 1. The Morgan fingerprint density at radius 1 is 0.474 bits per heavy atom. The summed E-state index contributed by atoms with van der Waals surface area (Å²) in [6, 6.07) is -0.912. The summed E-state index contributed by atoms with van der Waals surface area (Å²) in [6.45, 7) is 4.50. The van der Waals surface area contributed by atoms with E-state index in [-0.39, 0.29) is 12.5 Å². The van der Waals surface area contributed by atoms with Gasteiger partial charge < -0.3 is 28.8 Å². The van der Waals surface area contributed by atoms with Crippen LogP contribution in [0.15, 0.2) is 97.2 Å². The van der Waals surface area contributed by atoms with Gasteiger partial charge in [-0.15, -0.1) is 0 Å². The highest BCUT2D eigenvalue weighted by Crippen LogP contribution is 2.38. The molecule has 8 nitrogen and oxygen atoms in total. The predicted molar refractivity (Wildman–Crippen MR) is 329 cm³/mol. The van der Waals surface area contributed by atoms with E-state index in [0.29, 0.717) is 17.4 Å². The van der Waals surface area contributed by atoms with Crippen molar-refractivity contribution in [1.29, 1.82) is 0 Å². The van der Waals surface area contributed by atoms with Gasteiger partial charge in [0.25, 0.3) is 7.82 Å². The van der Waals surface area contributed by atoms with E-state index in [2.05, 4.69) is 104 Å². The number of amides is 1. The second-order valence-corrected chi connectivity index (χ2v) is 23.8. The number of hydrogen-bond donors (Lipinski definition) is 2. The number of phosphoric ester groups is 1. The molecule has 76 heavy (non-hydrogen) atoms. The van der Waals surface area contributed by atoms with Crippen LogP contribution in [-0.2, 0) is 18.4 Å². The van der Waals surface area contributed by atoms with Crippen molar-refractivity contribution >= 4 is 13.7 Å². The summed E-state index contributed by atoms with van der Waals surface area (Å²) in [5.74, 6) is -0.210. The molecule has 0 aliphatic carbocycles. The average Bonchev–Trinajstić information content (AvgIpc) is 3.38. The first-order valence-corrected chi connectivity index (χ1v) is 33.1. The first kappa shape index (κ1) is 73.4. The number of carbonyl (C=O) groups excluding carboxylic acids is 1. The third kappa shape index (κ3) is 59.1. The topological polar surface area (TPSA) is 108 Å². The molecule has 0 bridgehead atoms. The van der Waals surface area contributed by atoms with Crippen LogP contribution in [-0.4, -0.2) is 68.5 Å². The first-order valence-electron chi connectivity index (χ1n) is 31.6. The molecular formula is C67H121N2O6P. The number of rotatable bonds is 57. The molecule has 3 atom stereocenters. The third-order valence-corrected chi connectivity index (χ3v) is 14.7. The molecule has 0 saturated heterocycles. The SMILES string of the molecule is CC/C=C\C/C=C\C/C=C\C/C=C\C/C=C\CCCCCCCCCCCCCCCCCCCCCCCCCC(=O)NC(COP(=O)([O-])OCC[N+](C)(C)C)C(O)/C=C/CC/C=C/CC/C=C/CCCCCCC. The Bertz CT molecular complexity index is 1560. The summed E-state index contributed by atoms with van der Waals surface area (Å²) in [7, 11) is 1.23. The maximum absolute atomic E-state index is 13.0. The fraction of sp³-hybridized carbons (Fsp3) is 0.746. The van der Waals surface area contributed by atoms with E-state index in [9.17, 15) is 19.4 Å². The van der Waals surface area contributed by atoms with Gasteiger partial charge in [-0.25, -0.2) is 0 Å². The highest BCUT2D eigenvalue weighted by atomic mass is 31.2. The van der Waals surface area contributed by atoms with Gasteiger partial charge in [0, 0.05) is 6.42 Å². The molecule has 2 N–H and O–H groups in total. The van der Waals surface area contributed by atoms with Crippen molar-refractivity contribution in [2.45, 2.75) is 283 Å². The van der Waals surface area contributed by atoms with E-state index in [1.165, 1.54) is 173 Å². The molecule has 0 aromatic heterocycles. The maximum Gasteiger partial charge on any atom is 0.268 e. The minimum Gasteiger partial charge on any atom is -0.756 e. The molecule has 0 aromatic rings. The van der Waals surface area contributed by atoms with Gasteiger partial charge in [-0.05, 0) is 89.9 Å². The molecule has 0 aromatic carbocycles. The number of phosphoric acid groups is 1. The van der Waals surface area contributed by atoms with Crippen molar-refractivity contribution in [2.24, 2.45) is 0 Å². The Morgan fingerprint density at radius 3 is 1.22 bits per heavy atom. The van der Waals surface area contributed by atoms with E-state index < -0.39 is 26.6 Å². The predicted octanol–water partition coefficient (Wildman–Crippen LogP) is 19.1. The molecule has 9 heteroatoms. The van der Waals surface area contributed by atoms with Gasteiger partial charge >= 0.3 is 0 Å². The summed E-state index contributed by atoms with van der Waals surface area (Å²) < 4.78 is 23.3. The molecule has 3 unspecified atom stereocenters. The number of aliphatic hydroxyl groups excluding tert-OH is 1. The molecule has 0 radical (unpaired) electrons. The second kappa shape index (κ2) is 57.1. The normalized spacial score (nSPS) is 14.5. The number of carbonyl (C=O) groups is 1. The van der Waals surface area contributed by atoms with Gasteiger partial charge in [-0.3, -0.25) is 9.36 Å². The molecule has 0 spiro atoms. The van der Waals surface area contributed by atoms with Crippen molar-refractivity contribution in [3.8, 4) is 0 Å². The number of quaternary nitrogens is 1. The summed E-state index contributed by atoms with van der Waals surface area (Å²) >= 11 is 0. The van der Waals surface area contributed by atoms with Crippen LogP contribution in [0.3, 0.4) is 0 Å². The van der Waals surface area contributed by atoms with E-state index >= 15 is 0 Å². The molecule has 0 heterocycles. The summed E-state index contributed by atoms with van der Waals surface area (Å²) in [5.41, 5.74) is 0. The zero-order chi connectivity index (χ0) is 55.6. The second-order valence-electron chi connectivity index (χ2n) is 22.4. The molecule has 0 aliphatic rings. The third-order valence-electron chi connectivity index (χ3n) is 13.8. The fourth-order valence-electron chi connectivity index (χ4n) is 8.86. The zero-order valence-electron chi connectivity index (χ0n) is 50.2. The molecule has 1 amide bonds. The quantitative estimate of drug-likeness (QED) is 0.0272. The molecular weight excluding hydrogens is 960 g/mol. The van der Waals surface area contributed by atoms with Crippen molar-refractivity contribution in [3.63, 3.8) is 0 Å². The molecule has 0 rings (SSSR count). The summed E-state index contributed by atoms with van der Waals surface area (Å²) in [6.07, 6.45) is 82.4. The smallest absolute Gasteiger partial charge is 0.268 e. The highest BCUT2D eigenvalue weighted by Gasteiger charge is 2.23. The van der Waals surface area contributed by atoms with E-state index in [1.807, 2.05) is 27.2 Å². The lowest BCUT2D eigenvalue weighted by atomic mass is 10.0. The van der Waals surface area contributed by atoms with Crippen LogP contribution in [0.5, 0.6) is 0 Å². The molecule has 440 valence electrons. The zero-order valence-corrected chi connectivity index (χ0v) is 51.1. The summed E-state index contributed by atoms with van der Waals surface area (Å²) in [5, 5.41) is 13.8. The van der Waals surface area contributed by atoms with Crippen LogP contribution in [0.2, 0.25) is 0 Å². The van der Waals surface area contributed by atoms with Gasteiger partial charge in [0.1, 0.15) is 13.2 Å². The van der Waals surface area contributed by atoms with Crippen molar-refractivity contribution < 1.29 is 32.9 Å². The largest absolute Gasteiger partial charge is 0.756 e. The Hall–Kier alpha value is -2.58. The van der Waals surface area contributed by atoms with Crippen LogP contribution in [0.4, 0.5) is 0 Å². The van der Waals surface area contributed by atoms with Crippen LogP contribution >= 0.6 is 7.82 Å². The average molecular weight is 1080 g/mol. The lowest BCUT2D eigenvalue weighted by Crippen LogP contribution is -2.45. The van der Waals surface area contributed by atoms with Gasteiger partial charge in [0.15, 0.2) is 0 Å². The lowest BCUT2D eigenvalue weighted by molar-refractivity contribution is -0.870. The Labute approximate surface area is 470 Å². The summed E-state index contributed by atoms with van der Waals surface area (Å²) in [4.78, 5) is 25.5. The Morgan fingerprint density at radius 2 is 0.816 bits per heavy atom. The minimum atomic E-state index is -4.61. The van der Waals surface area contributed by atoms with Crippen LogP contribution < -0.4 is 10.2 Å². The molecule has 0 saturated carbocycles. The van der Waals surface area contributed by atoms with Gasteiger partial charge in [-0.1, -0.05) is 272 Å².